The Kier molecular flexibility index (Phi) is 11.3. The molecule has 3 aromatic carbocycles. The molecule has 0 unspecified atom stereocenters. The minimum atomic E-state index is -4.08. The lowest BCUT2D eigenvalue weighted by molar-refractivity contribution is -0.140. The molecule has 0 aliphatic heterocycles. The van der Waals surface area contributed by atoms with E-state index in [-0.39, 0.29) is 17.3 Å². The van der Waals surface area contributed by atoms with Crippen LogP contribution in [0.2, 0.25) is 0 Å². The maximum Gasteiger partial charge on any atom is 0.264 e. The van der Waals surface area contributed by atoms with Crippen molar-refractivity contribution in [3.63, 3.8) is 0 Å². The summed E-state index contributed by atoms with van der Waals surface area (Å²) in [5.41, 5.74) is 3.22. The van der Waals surface area contributed by atoms with Crippen LogP contribution in [0.3, 0.4) is 0 Å². The number of anilines is 1. The molecule has 0 spiro atoms. The number of unbranched alkanes of at least 4 members (excludes halogenated alkanes) is 1. The van der Waals surface area contributed by atoms with Crippen molar-refractivity contribution >= 4 is 27.5 Å². The van der Waals surface area contributed by atoms with E-state index >= 15 is 0 Å². The third kappa shape index (κ3) is 7.72. The van der Waals surface area contributed by atoms with Crippen LogP contribution in [0.4, 0.5) is 5.69 Å². The second-order valence-electron chi connectivity index (χ2n) is 9.88. The van der Waals surface area contributed by atoms with Crippen molar-refractivity contribution < 1.29 is 18.0 Å². The molecule has 1 N–H and O–H groups in total. The first-order valence-corrected chi connectivity index (χ1v) is 15.4. The summed E-state index contributed by atoms with van der Waals surface area (Å²) >= 11 is 0. The first-order valence-electron chi connectivity index (χ1n) is 14.0. The monoisotopic (exact) mass is 563 g/mol. The van der Waals surface area contributed by atoms with Crippen molar-refractivity contribution in [3.8, 4) is 0 Å². The summed E-state index contributed by atoms with van der Waals surface area (Å²) in [6, 6.07) is 22.4. The highest BCUT2D eigenvalue weighted by atomic mass is 32.2. The maximum absolute atomic E-state index is 14.2. The summed E-state index contributed by atoms with van der Waals surface area (Å²) in [5, 5.41) is 2.96. The van der Waals surface area contributed by atoms with Crippen LogP contribution >= 0.6 is 0 Å². The molecule has 214 valence electrons. The molecule has 0 saturated heterocycles. The molecule has 0 aliphatic carbocycles. The number of nitrogens with one attached hydrogen (secondary N) is 1. The number of hydrogen-bond donors (Lipinski definition) is 1. The van der Waals surface area contributed by atoms with E-state index in [1.165, 1.54) is 21.3 Å². The molecular weight excluding hydrogens is 522 g/mol. The van der Waals surface area contributed by atoms with Gasteiger partial charge in [-0.3, -0.25) is 13.9 Å². The van der Waals surface area contributed by atoms with Gasteiger partial charge in [0.05, 0.1) is 10.6 Å². The Bertz CT molecular complexity index is 1360. The molecule has 3 aromatic rings. The van der Waals surface area contributed by atoms with Crippen molar-refractivity contribution in [2.75, 3.05) is 17.4 Å². The molecule has 0 heterocycles. The van der Waals surface area contributed by atoms with Crippen LogP contribution in [0.1, 0.15) is 56.7 Å². The molecule has 40 heavy (non-hydrogen) atoms. The predicted molar refractivity (Wildman–Crippen MR) is 161 cm³/mol. The third-order valence-corrected chi connectivity index (χ3v) is 8.71. The van der Waals surface area contributed by atoms with Crippen LogP contribution in [-0.4, -0.2) is 44.3 Å². The average Bonchev–Trinajstić information content (AvgIpc) is 2.97. The van der Waals surface area contributed by atoms with E-state index in [2.05, 4.69) is 5.32 Å². The number of amides is 2. The molecule has 0 saturated carbocycles. The number of carbonyl (C=O) groups excluding carboxylic acids is 2. The summed E-state index contributed by atoms with van der Waals surface area (Å²) in [4.78, 5) is 29.0. The zero-order valence-corrected chi connectivity index (χ0v) is 24.8. The average molecular weight is 564 g/mol. The molecule has 8 heteroatoms. The number of benzene rings is 3. The van der Waals surface area contributed by atoms with Gasteiger partial charge in [0.15, 0.2) is 0 Å². The van der Waals surface area contributed by atoms with E-state index in [1.54, 1.807) is 30.3 Å². The topological polar surface area (TPSA) is 86.8 Å². The molecule has 0 bridgehead atoms. The Labute approximate surface area is 239 Å². The van der Waals surface area contributed by atoms with E-state index in [9.17, 15) is 18.0 Å². The van der Waals surface area contributed by atoms with Crippen molar-refractivity contribution in [2.45, 2.75) is 70.9 Å². The number of hydrogen-bond acceptors (Lipinski definition) is 4. The zero-order valence-electron chi connectivity index (χ0n) is 24.0. The fourth-order valence-electron chi connectivity index (χ4n) is 4.60. The fraction of sp³-hybridized carbons (Fsp3) is 0.375. The van der Waals surface area contributed by atoms with Crippen LogP contribution in [0, 0.1) is 6.92 Å². The second kappa shape index (κ2) is 14.7. The van der Waals surface area contributed by atoms with E-state index < -0.39 is 28.5 Å². The lowest BCUT2D eigenvalue weighted by Gasteiger charge is -2.33. The minimum Gasteiger partial charge on any atom is -0.354 e. The summed E-state index contributed by atoms with van der Waals surface area (Å²) in [7, 11) is -4.08. The molecule has 3 rings (SSSR count). The van der Waals surface area contributed by atoms with Crippen molar-refractivity contribution in [1.29, 1.82) is 0 Å². The highest BCUT2D eigenvalue weighted by molar-refractivity contribution is 7.92. The Morgan fingerprint density at radius 3 is 2.15 bits per heavy atom. The van der Waals surface area contributed by atoms with Crippen LogP contribution < -0.4 is 9.62 Å². The molecule has 0 fully saturated rings. The van der Waals surface area contributed by atoms with E-state index in [1.807, 2.05) is 64.1 Å². The molecule has 0 aliphatic rings. The number of rotatable bonds is 14. The van der Waals surface area contributed by atoms with Gasteiger partial charge in [-0.1, -0.05) is 93.4 Å². The number of aryl methyl sites for hydroxylation is 2. The number of nitrogens with zero attached hydrogens (tertiary/aromatic N) is 2. The smallest absolute Gasteiger partial charge is 0.264 e. The molecule has 2 amide bonds. The van der Waals surface area contributed by atoms with Gasteiger partial charge in [-0.05, 0) is 55.5 Å². The largest absolute Gasteiger partial charge is 0.354 e. The minimum absolute atomic E-state index is 0.100. The third-order valence-electron chi connectivity index (χ3n) is 6.94. The number of sulfonamides is 1. The predicted octanol–water partition coefficient (Wildman–Crippen LogP) is 5.48. The normalized spacial score (nSPS) is 12.0. The molecule has 0 radical (unpaired) electrons. The van der Waals surface area contributed by atoms with Gasteiger partial charge in [0.2, 0.25) is 11.8 Å². The van der Waals surface area contributed by atoms with E-state index in [4.69, 9.17) is 0 Å². The van der Waals surface area contributed by atoms with Gasteiger partial charge >= 0.3 is 0 Å². The van der Waals surface area contributed by atoms with E-state index in [0.717, 1.165) is 29.5 Å². The highest BCUT2D eigenvalue weighted by Gasteiger charge is 2.34. The van der Waals surface area contributed by atoms with Crippen LogP contribution in [-0.2, 0) is 32.6 Å². The van der Waals surface area contributed by atoms with Crippen molar-refractivity contribution in [1.82, 2.24) is 10.2 Å². The SMILES string of the molecule is CCCCNC(=O)[C@@H](CC)N(Cc1ccc(C)cc1)C(=O)CN(c1ccccc1CC)S(=O)(=O)c1ccccc1. The Morgan fingerprint density at radius 2 is 1.52 bits per heavy atom. The molecule has 7 nitrogen and oxygen atoms in total. The van der Waals surface area contributed by atoms with Crippen molar-refractivity contribution in [3.05, 3.63) is 95.6 Å². The standard InChI is InChI=1S/C32H41N3O4S/c1-5-8-22-33-32(37)29(7-3)34(23-26-20-18-25(4)19-21-26)31(36)24-35(30-17-13-12-14-27(30)6-2)40(38,39)28-15-10-9-11-16-28/h9-21,29H,5-8,22-24H2,1-4H3,(H,33,37)/t29-/m1/s1. The number of carbonyl (C=O) groups is 2. The Hall–Kier alpha value is -3.65. The fourth-order valence-corrected chi connectivity index (χ4v) is 6.07. The zero-order chi connectivity index (χ0) is 29.1. The van der Waals surface area contributed by atoms with Gasteiger partial charge in [-0.2, -0.15) is 0 Å². The summed E-state index contributed by atoms with van der Waals surface area (Å²) < 4.78 is 29.1. The van der Waals surface area contributed by atoms with Gasteiger partial charge in [0.1, 0.15) is 12.6 Å². The highest BCUT2D eigenvalue weighted by Crippen LogP contribution is 2.28. The summed E-state index contributed by atoms with van der Waals surface area (Å²) in [5.74, 6) is -0.675. The quantitative estimate of drug-likeness (QED) is 0.263. The van der Waals surface area contributed by atoms with Crippen molar-refractivity contribution in [2.24, 2.45) is 0 Å². The summed E-state index contributed by atoms with van der Waals surface area (Å²) in [6.45, 7) is 8.13. The lowest BCUT2D eigenvalue weighted by Crippen LogP contribution is -2.52. The van der Waals surface area contributed by atoms with Gasteiger partial charge in [0, 0.05) is 13.1 Å². The van der Waals surface area contributed by atoms with Crippen LogP contribution in [0.25, 0.3) is 0 Å². The summed E-state index contributed by atoms with van der Waals surface area (Å²) in [6.07, 6.45) is 2.76. The molecular formula is C32H41N3O4S. The van der Waals surface area contributed by atoms with Crippen LogP contribution in [0.5, 0.6) is 0 Å². The first-order chi connectivity index (χ1) is 19.2. The van der Waals surface area contributed by atoms with Gasteiger partial charge in [-0.25, -0.2) is 8.42 Å². The van der Waals surface area contributed by atoms with Crippen LogP contribution in [0.15, 0.2) is 83.8 Å². The number of para-hydroxylation sites is 1. The second-order valence-corrected chi connectivity index (χ2v) is 11.7. The molecule has 0 aromatic heterocycles. The van der Waals surface area contributed by atoms with Gasteiger partial charge < -0.3 is 10.2 Å². The first kappa shape index (κ1) is 30.9. The molecule has 1 atom stereocenters. The van der Waals surface area contributed by atoms with Gasteiger partial charge in [-0.15, -0.1) is 0 Å². The lowest BCUT2D eigenvalue weighted by atomic mass is 10.1. The Morgan fingerprint density at radius 1 is 0.875 bits per heavy atom. The Balaban J connectivity index is 2.05. The van der Waals surface area contributed by atoms with E-state index in [0.29, 0.717) is 25.1 Å². The van der Waals surface area contributed by atoms with Gasteiger partial charge in [0.25, 0.3) is 10.0 Å². The maximum atomic E-state index is 14.2.